The number of amides is 2. The van der Waals surface area contributed by atoms with E-state index < -0.39 is 0 Å². The molecule has 0 saturated carbocycles. The lowest BCUT2D eigenvalue weighted by molar-refractivity contribution is -0.120. The molecule has 3 rings (SSSR count). The van der Waals surface area contributed by atoms with Crippen molar-refractivity contribution in [2.45, 2.75) is 6.92 Å². The Hall–Kier alpha value is -1.85. The van der Waals surface area contributed by atoms with Crippen molar-refractivity contribution in [3.8, 4) is 0 Å². The standard InChI is InChI=1S/C16H15ClN2O2S/c1-11-5-6-14(22-11)16(21)18-7-8-19(15(20)10-18)13-4-2-3-12(17)9-13/h2-6,9H,7-8,10H2,1H3. The van der Waals surface area contributed by atoms with Gasteiger partial charge in [0.25, 0.3) is 5.91 Å². The Bertz CT molecular complexity index is 728. The number of halogens is 1. The third-order valence-electron chi connectivity index (χ3n) is 3.58. The second kappa shape index (κ2) is 6.10. The van der Waals surface area contributed by atoms with E-state index in [1.165, 1.54) is 11.3 Å². The van der Waals surface area contributed by atoms with E-state index >= 15 is 0 Å². The Morgan fingerprint density at radius 2 is 2.05 bits per heavy atom. The molecule has 0 radical (unpaired) electrons. The Kier molecular flexibility index (Phi) is 4.18. The van der Waals surface area contributed by atoms with Crippen molar-refractivity contribution in [2.75, 3.05) is 24.5 Å². The highest BCUT2D eigenvalue weighted by atomic mass is 35.5. The van der Waals surface area contributed by atoms with Gasteiger partial charge in [0.05, 0.1) is 4.88 Å². The SMILES string of the molecule is Cc1ccc(C(=O)N2CCN(c3cccc(Cl)c3)C(=O)C2)s1. The molecule has 1 aromatic heterocycles. The van der Waals surface area contributed by atoms with Crippen molar-refractivity contribution >= 4 is 40.4 Å². The van der Waals surface area contributed by atoms with Gasteiger partial charge in [-0.15, -0.1) is 11.3 Å². The van der Waals surface area contributed by atoms with E-state index in [9.17, 15) is 9.59 Å². The molecule has 1 fully saturated rings. The fraction of sp³-hybridized carbons (Fsp3) is 0.250. The van der Waals surface area contributed by atoms with E-state index in [2.05, 4.69) is 0 Å². The molecule has 1 saturated heterocycles. The molecule has 114 valence electrons. The Labute approximate surface area is 137 Å². The van der Waals surface area contributed by atoms with Crippen molar-refractivity contribution < 1.29 is 9.59 Å². The first-order chi connectivity index (χ1) is 10.5. The highest BCUT2D eigenvalue weighted by Gasteiger charge is 2.29. The first-order valence-corrected chi connectivity index (χ1v) is 8.16. The molecule has 1 aromatic carbocycles. The number of benzene rings is 1. The maximum absolute atomic E-state index is 12.4. The van der Waals surface area contributed by atoms with Gasteiger partial charge in [-0.2, -0.15) is 0 Å². The third-order valence-corrected chi connectivity index (χ3v) is 4.80. The van der Waals surface area contributed by atoms with Crippen LogP contribution in [0.2, 0.25) is 5.02 Å². The van der Waals surface area contributed by atoms with Crippen LogP contribution >= 0.6 is 22.9 Å². The van der Waals surface area contributed by atoms with Gasteiger partial charge in [0.2, 0.25) is 5.91 Å². The van der Waals surface area contributed by atoms with Gasteiger partial charge < -0.3 is 9.80 Å². The number of piperazine rings is 1. The van der Waals surface area contributed by atoms with Crippen LogP contribution in [0.15, 0.2) is 36.4 Å². The average molecular weight is 335 g/mol. The van der Waals surface area contributed by atoms with Crippen molar-refractivity contribution in [1.82, 2.24) is 4.90 Å². The van der Waals surface area contributed by atoms with E-state index in [1.54, 1.807) is 21.9 Å². The molecule has 0 unspecified atom stereocenters. The number of hydrogen-bond acceptors (Lipinski definition) is 3. The summed E-state index contributed by atoms with van der Waals surface area (Å²) in [5.41, 5.74) is 0.775. The molecule has 6 heteroatoms. The molecule has 4 nitrogen and oxygen atoms in total. The third kappa shape index (κ3) is 3.00. The highest BCUT2D eigenvalue weighted by molar-refractivity contribution is 7.13. The summed E-state index contributed by atoms with van der Waals surface area (Å²) in [5, 5.41) is 0.595. The van der Waals surface area contributed by atoms with Gasteiger partial charge in [0, 0.05) is 28.7 Å². The lowest BCUT2D eigenvalue weighted by Gasteiger charge is -2.34. The van der Waals surface area contributed by atoms with Crippen molar-refractivity contribution in [2.24, 2.45) is 0 Å². The lowest BCUT2D eigenvalue weighted by Crippen LogP contribution is -2.52. The zero-order chi connectivity index (χ0) is 15.7. The minimum atomic E-state index is -0.0878. The minimum Gasteiger partial charge on any atom is -0.327 e. The van der Waals surface area contributed by atoms with Crippen LogP contribution in [0.25, 0.3) is 0 Å². The van der Waals surface area contributed by atoms with Crippen LogP contribution in [-0.4, -0.2) is 36.3 Å². The van der Waals surface area contributed by atoms with Gasteiger partial charge in [0.1, 0.15) is 6.54 Å². The highest BCUT2D eigenvalue weighted by Crippen LogP contribution is 2.23. The summed E-state index contributed by atoms with van der Waals surface area (Å²) in [6.45, 7) is 3.06. The second-order valence-electron chi connectivity index (χ2n) is 5.16. The number of aryl methyl sites for hydroxylation is 1. The maximum atomic E-state index is 12.4. The number of hydrogen-bond donors (Lipinski definition) is 0. The van der Waals surface area contributed by atoms with E-state index in [1.807, 2.05) is 31.2 Å². The van der Waals surface area contributed by atoms with Gasteiger partial charge >= 0.3 is 0 Å². The topological polar surface area (TPSA) is 40.6 Å². The smallest absolute Gasteiger partial charge is 0.264 e. The molecule has 1 aliphatic heterocycles. The number of carbonyl (C=O) groups is 2. The van der Waals surface area contributed by atoms with E-state index in [4.69, 9.17) is 11.6 Å². The Balaban J connectivity index is 1.72. The molecular formula is C16H15ClN2O2S. The molecule has 22 heavy (non-hydrogen) atoms. The van der Waals surface area contributed by atoms with Gasteiger partial charge in [-0.05, 0) is 37.3 Å². The first-order valence-electron chi connectivity index (χ1n) is 6.96. The quantitative estimate of drug-likeness (QED) is 0.846. The van der Waals surface area contributed by atoms with E-state index in [-0.39, 0.29) is 18.4 Å². The summed E-state index contributed by atoms with van der Waals surface area (Å²) in [4.78, 5) is 29.8. The molecule has 0 atom stereocenters. The van der Waals surface area contributed by atoms with Crippen LogP contribution < -0.4 is 4.90 Å². The minimum absolute atomic E-state index is 0.0720. The molecule has 1 aliphatic rings. The number of anilines is 1. The summed E-state index contributed by atoms with van der Waals surface area (Å²) in [6, 6.07) is 10.9. The monoisotopic (exact) mass is 334 g/mol. The number of thiophene rings is 1. The normalized spacial score (nSPS) is 15.3. The van der Waals surface area contributed by atoms with Gasteiger partial charge in [0.15, 0.2) is 0 Å². The second-order valence-corrected chi connectivity index (χ2v) is 6.89. The number of carbonyl (C=O) groups excluding carboxylic acids is 2. The molecule has 2 amide bonds. The largest absolute Gasteiger partial charge is 0.327 e. The number of rotatable bonds is 2. The van der Waals surface area contributed by atoms with Crippen LogP contribution in [0.1, 0.15) is 14.5 Å². The molecule has 2 heterocycles. The number of nitrogens with zero attached hydrogens (tertiary/aromatic N) is 2. The summed E-state index contributed by atoms with van der Waals surface area (Å²) < 4.78 is 0. The van der Waals surface area contributed by atoms with Crippen LogP contribution in [0.3, 0.4) is 0 Å². The fourth-order valence-corrected chi connectivity index (χ4v) is 3.49. The van der Waals surface area contributed by atoms with Crippen LogP contribution in [0.5, 0.6) is 0 Å². The maximum Gasteiger partial charge on any atom is 0.264 e. The average Bonchev–Trinajstić information content (AvgIpc) is 2.93. The first kappa shape index (κ1) is 15.1. The zero-order valence-electron chi connectivity index (χ0n) is 12.1. The molecule has 0 N–H and O–H groups in total. The van der Waals surface area contributed by atoms with Crippen molar-refractivity contribution in [1.29, 1.82) is 0 Å². The summed E-state index contributed by atoms with van der Waals surface area (Å²) in [7, 11) is 0. The summed E-state index contributed by atoms with van der Waals surface area (Å²) >= 11 is 7.43. The lowest BCUT2D eigenvalue weighted by atomic mass is 10.2. The van der Waals surface area contributed by atoms with Crippen molar-refractivity contribution in [3.05, 3.63) is 51.2 Å². The molecular weight excluding hydrogens is 320 g/mol. The van der Waals surface area contributed by atoms with Gasteiger partial charge in [-0.25, -0.2) is 0 Å². The summed E-state index contributed by atoms with van der Waals surface area (Å²) in [6.07, 6.45) is 0. The predicted molar refractivity (Wildman–Crippen MR) is 88.8 cm³/mol. The summed E-state index contributed by atoms with van der Waals surface area (Å²) in [5.74, 6) is -0.160. The molecule has 0 spiro atoms. The molecule has 0 bridgehead atoms. The van der Waals surface area contributed by atoms with Crippen molar-refractivity contribution in [3.63, 3.8) is 0 Å². The molecule has 0 aliphatic carbocycles. The van der Waals surface area contributed by atoms with Crippen LogP contribution in [0.4, 0.5) is 5.69 Å². The van der Waals surface area contributed by atoms with Crippen LogP contribution in [-0.2, 0) is 4.79 Å². The Morgan fingerprint density at radius 1 is 1.23 bits per heavy atom. The predicted octanol–water partition coefficient (Wildman–Crippen LogP) is 3.20. The van der Waals surface area contributed by atoms with Crippen LogP contribution in [0, 0.1) is 6.92 Å². The van der Waals surface area contributed by atoms with Gasteiger partial charge in [-0.3, -0.25) is 9.59 Å². The zero-order valence-corrected chi connectivity index (χ0v) is 13.7. The Morgan fingerprint density at radius 3 is 2.68 bits per heavy atom. The molecule has 2 aromatic rings. The van der Waals surface area contributed by atoms with Gasteiger partial charge in [-0.1, -0.05) is 17.7 Å². The van der Waals surface area contributed by atoms with E-state index in [0.717, 1.165) is 10.6 Å². The fourth-order valence-electron chi connectivity index (χ4n) is 2.47. The van der Waals surface area contributed by atoms with E-state index in [0.29, 0.717) is 23.0 Å².